The van der Waals surface area contributed by atoms with E-state index >= 15 is 0 Å². The number of rotatable bonds is 3. The van der Waals surface area contributed by atoms with E-state index in [1.807, 2.05) is 17.9 Å². The number of carbonyl (C=O) groups excluding carboxylic acids is 1. The number of aryl methyl sites for hydroxylation is 1. The van der Waals surface area contributed by atoms with Crippen LogP contribution in [0, 0.1) is 5.92 Å². The minimum absolute atomic E-state index is 0.274. The lowest BCUT2D eigenvalue weighted by Gasteiger charge is -2.36. The highest BCUT2D eigenvalue weighted by molar-refractivity contribution is 6.38. The Balaban J connectivity index is 1.65. The highest BCUT2D eigenvalue weighted by Gasteiger charge is 2.35. The maximum absolute atomic E-state index is 12.3. The number of aromatic nitrogens is 2. The molecular weight excluding hydrogens is 359 g/mol. The average molecular weight is 379 g/mol. The van der Waals surface area contributed by atoms with Crippen LogP contribution in [-0.4, -0.2) is 47.0 Å². The van der Waals surface area contributed by atoms with Crippen molar-refractivity contribution in [1.29, 1.82) is 0 Å². The standard InChI is InChI=1S/C18H20Cl2N4O/c1-2-15-21-16-13(9-12(19)10-14(16)20)17(22-15)23-5-7-24(8-6-23)18(25)11-3-4-11/h9-11H,2-8H2,1H3. The summed E-state index contributed by atoms with van der Waals surface area (Å²) in [6.07, 6.45) is 2.83. The first-order chi connectivity index (χ1) is 12.1. The van der Waals surface area contributed by atoms with Gasteiger partial charge in [-0.2, -0.15) is 0 Å². The van der Waals surface area contributed by atoms with Crippen LogP contribution in [0.3, 0.4) is 0 Å². The first kappa shape index (κ1) is 16.9. The van der Waals surface area contributed by atoms with E-state index in [0.717, 1.165) is 68.0 Å². The Morgan fingerprint density at radius 1 is 1.16 bits per heavy atom. The molecule has 5 nitrogen and oxygen atoms in total. The van der Waals surface area contributed by atoms with Crippen molar-refractivity contribution in [1.82, 2.24) is 14.9 Å². The summed E-state index contributed by atoms with van der Waals surface area (Å²) < 4.78 is 0. The molecule has 2 aromatic rings. The molecule has 0 N–H and O–H groups in total. The molecule has 0 unspecified atom stereocenters. The second kappa shape index (κ2) is 6.61. The summed E-state index contributed by atoms with van der Waals surface area (Å²) >= 11 is 12.6. The van der Waals surface area contributed by atoms with Crippen LogP contribution in [0.15, 0.2) is 12.1 Å². The second-order valence-corrected chi connectivity index (χ2v) is 7.53. The van der Waals surface area contributed by atoms with Gasteiger partial charge in [-0.1, -0.05) is 30.1 Å². The van der Waals surface area contributed by atoms with Crippen LogP contribution in [0.1, 0.15) is 25.6 Å². The summed E-state index contributed by atoms with van der Waals surface area (Å²) in [6.45, 7) is 5.02. The molecule has 1 aliphatic heterocycles. The van der Waals surface area contributed by atoms with E-state index in [4.69, 9.17) is 28.2 Å². The summed E-state index contributed by atoms with van der Waals surface area (Å²) in [5.41, 5.74) is 0.740. The summed E-state index contributed by atoms with van der Waals surface area (Å²) in [6, 6.07) is 3.59. The van der Waals surface area contributed by atoms with Crippen LogP contribution in [-0.2, 0) is 11.2 Å². The van der Waals surface area contributed by atoms with Crippen LogP contribution in [0.5, 0.6) is 0 Å². The first-order valence-electron chi connectivity index (χ1n) is 8.76. The van der Waals surface area contributed by atoms with Crippen molar-refractivity contribution < 1.29 is 4.79 Å². The van der Waals surface area contributed by atoms with Gasteiger partial charge in [0.05, 0.1) is 10.5 Å². The SMILES string of the molecule is CCc1nc(N2CCN(C(=O)C3CC3)CC2)c2cc(Cl)cc(Cl)c2n1. The molecule has 0 bridgehead atoms. The Labute approximate surface area is 156 Å². The topological polar surface area (TPSA) is 49.3 Å². The fourth-order valence-electron chi connectivity index (χ4n) is 3.31. The fourth-order valence-corrected chi connectivity index (χ4v) is 3.85. The summed E-state index contributed by atoms with van der Waals surface area (Å²) in [5, 5.41) is 1.99. The number of amides is 1. The zero-order valence-corrected chi connectivity index (χ0v) is 15.6. The maximum atomic E-state index is 12.3. The zero-order valence-electron chi connectivity index (χ0n) is 14.1. The molecule has 2 aliphatic rings. The van der Waals surface area contributed by atoms with E-state index in [1.54, 1.807) is 6.07 Å². The van der Waals surface area contributed by atoms with Crippen LogP contribution in [0.25, 0.3) is 10.9 Å². The van der Waals surface area contributed by atoms with E-state index in [2.05, 4.69) is 9.88 Å². The summed E-state index contributed by atoms with van der Waals surface area (Å²) in [7, 11) is 0. The number of nitrogens with zero attached hydrogens (tertiary/aromatic N) is 4. The zero-order chi connectivity index (χ0) is 17.6. The Kier molecular flexibility index (Phi) is 4.46. The predicted octanol–water partition coefficient (Wildman–Crippen LogP) is 3.56. The molecule has 1 aromatic carbocycles. The lowest BCUT2D eigenvalue weighted by molar-refractivity contribution is -0.132. The molecule has 132 valence electrons. The third kappa shape index (κ3) is 3.27. The van der Waals surface area contributed by atoms with Crippen molar-refractivity contribution >= 4 is 45.8 Å². The van der Waals surface area contributed by atoms with Crippen molar-refractivity contribution in [2.24, 2.45) is 5.92 Å². The van der Waals surface area contributed by atoms with Gasteiger partial charge in [0, 0.05) is 48.9 Å². The lowest BCUT2D eigenvalue weighted by Crippen LogP contribution is -2.49. The lowest BCUT2D eigenvalue weighted by atomic mass is 10.2. The number of piperazine rings is 1. The van der Waals surface area contributed by atoms with Crippen molar-refractivity contribution in [3.8, 4) is 0 Å². The largest absolute Gasteiger partial charge is 0.352 e. The molecule has 0 radical (unpaired) electrons. The molecule has 0 atom stereocenters. The van der Waals surface area contributed by atoms with Gasteiger partial charge in [-0.05, 0) is 25.0 Å². The predicted molar refractivity (Wildman–Crippen MR) is 100 cm³/mol. The number of anilines is 1. The Bertz CT molecular complexity index is 829. The van der Waals surface area contributed by atoms with Gasteiger partial charge in [0.15, 0.2) is 0 Å². The Morgan fingerprint density at radius 2 is 1.88 bits per heavy atom. The Hall–Kier alpha value is -1.59. The number of hydrogen-bond donors (Lipinski definition) is 0. The molecule has 1 aliphatic carbocycles. The van der Waals surface area contributed by atoms with Crippen molar-refractivity contribution in [2.75, 3.05) is 31.1 Å². The Morgan fingerprint density at radius 3 is 2.52 bits per heavy atom. The molecule has 1 aromatic heterocycles. The van der Waals surface area contributed by atoms with Crippen molar-refractivity contribution in [3.63, 3.8) is 0 Å². The van der Waals surface area contributed by atoms with E-state index < -0.39 is 0 Å². The van der Waals surface area contributed by atoms with Gasteiger partial charge in [-0.3, -0.25) is 4.79 Å². The minimum Gasteiger partial charge on any atom is -0.352 e. The van der Waals surface area contributed by atoms with Crippen LogP contribution in [0.4, 0.5) is 5.82 Å². The molecule has 1 amide bonds. The van der Waals surface area contributed by atoms with Crippen molar-refractivity contribution in [2.45, 2.75) is 26.2 Å². The molecule has 4 rings (SSSR count). The fraction of sp³-hybridized carbons (Fsp3) is 0.500. The van der Waals surface area contributed by atoms with Crippen LogP contribution >= 0.6 is 23.2 Å². The molecule has 1 saturated heterocycles. The van der Waals surface area contributed by atoms with E-state index in [9.17, 15) is 4.79 Å². The highest BCUT2D eigenvalue weighted by Crippen LogP contribution is 2.34. The molecule has 2 heterocycles. The van der Waals surface area contributed by atoms with Gasteiger partial charge in [0.1, 0.15) is 11.6 Å². The number of halogens is 2. The summed E-state index contributed by atoms with van der Waals surface area (Å²) in [5.74, 6) is 2.22. The normalized spacial score (nSPS) is 18.0. The molecular formula is C18H20Cl2N4O. The summed E-state index contributed by atoms with van der Waals surface area (Å²) in [4.78, 5) is 25.8. The van der Waals surface area contributed by atoms with Gasteiger partial charge in [0.25, 0.3) is 0 Å². The number of carbonyl (C=O) groups is 1. The molecule has 25 heavy (non-hydrogen) atoms. The van der Waals surface area contributed by atoms with Gasteiger partial charge in [-0.15, -0.1) is 0 Å². The maximum Gasteiger partial charge on any atom is 0.225 e. The second-order valence-electron chi connectivity index (χ2n) is 6.69. The number of benzene rings is 1. The van der Waals surface area contributed by atoms with E-state index in [1.165, 1.54) is 0 Å². The van der Waals surface area contributed by atoms with Gasteiger partial charge in [-0.25, -0.2) is 9.97 Å². The van der Waals surface area contributed by atoms with Crippen LogP contribution in [0.2, 0.25) is 10.0 Å². The molecule has 7 heteroatoms. The molecule has 1 saturated carbocycles. The molecule has 0 spiro atoms. The van der Waals surface area contributed by atoms with E-state index in [-0.39, 0.29) is 5.92 Å². The monoisotopic (exact) mass is 378 g/mol. The van der Waals surface area contributed by atoms with Gasteiger partial charge in [0.2, 0.25) is 5.91 Å². The van der Waals surface area contributed by atoms with Crippen molar-refractivity contribution in [3.05, 3.63) is 28.0 Å². The number of fused-ring (bicyclic) bond motifs is 1. The highest BCUT2D eigenvalue weighted by atomic mass is 35.5. The van der Waals surface area contributed by atoms with E-state index in [0.29, 0.717) is 16.0 Å². The average Bonchev–Trinajstić information content (AvgIpc) is 3.46. The quantitative estimate of drug-likeness (QED) is 0.818. The first-order valence-corrected chi connectivity index (χ1v) is 9.52. The van der Waals surface area contributed by atoms with Crippen LogP contribution < -0.4 is 4.90 Å². The van der Waals surface area contributed by atoms with Gasteiger partial charge >= 0.3 is 0 Å². The smallest absolute Gasteiger partial charge is 0.225 e. The van der Waals surface area contributed by atoms with Gasteiger partial charge < -0.3 is 9.80 Å². The minimum atomic E-state index is 0.274. The third-order valence-electron chi connectivity index (χ3n) is 4.88. The molecule has 2 fully saturated rings. The number of hydrogen-bond acceptors (Lipinski definition) is 4. The third-order valence-corrected chi connectivity index (χ3v) is 5.38.